The number of aliphatic imine (C=N–C) groups is 1. The van der Waals surface area contributed by atoms with Crippen molar-refractivity contribution in [2.24, 2.45) is 4.99 Å². The second-order valence-corrected chi connectivity index (χ2v) is 5.84. The Hall–Kier alpha value is -1.55. The van der Waals surface area contributed by atoms with Gasteiger partial charge in [0, 0.05) is 29.1 Å². The lowest BCUT2D eigenvalue weighted by atomic mass is 10.1. The van der Waals surface area contributed by atoms with E-state index in [0.29, 0.717) is 11.3 Å². The largest absolute Gasteiger partial charge is 0.348 e. The maximum Gasteiger partial charge on any atom is 0.0984 e. The van der Waals surface area contributed by atoms with Gasteiger partial charge in [-0.2, -0.15) is 0 Å². The Kier molecular flexibility index (Phi) is 3.19. The highest BCUT2D eigenvalue weighted by Gasteiger charge is 2.27. The standard InChI is InChI=1S/C14H15N3S/c1-10-13(7-12-8-15-9-16-12)17-14(18-10)11-5-3-2-4-6-11/h2-6,8-10,13H,7H2,1H3,(H,15,16)/t10-,13+/m0/s1. The predicted molar refractivity (Wildman–Crippen MR) is 76.1 cm³/mol. The van der Waals surface area contributed by atoms with Crippen LogP contribution in [0.3, 0.4) is 0 Å². The lowest BCUT2D eigenvalue weighted by Gasteiger charge is -2.10. The molecule has 18 heavy (non-hydrogen) atoms. The molecule has 1 N–H and O–H groups in total. The molecule has 1 aromatic carbocycles. The molecule has 0 spiro atoms. The molecule has 0 saturated heterocycles. The van der Waals surface area contributed by atoms with Gasteiger partial charge < -0.3 is 4.98 Å². The van der Waals surface area contributed by atoms with Crippen LogP contribution in [0.4, 0.5) is 0 Å². The summed E-state index contributed by atoms with van der Waals surface area (Å²) in [6, 6.07) is 10.7. The van der Waals surface area contributed by atoms with Crippen molar-refractivity contribution in [2.75, 3.05) is 0 Å². The molecule has 4 heteroatoms. The number of thioether (sulfide) groups is 1. The number of imidazole rings is 1. The van der Waals surface area contributed by atoms with Gasteiger partial charge in [-0.1, -0.05) is 37.3 Å². The van der Waals surface area contributed by atoms with Crippen LogP contribution in [0.15, 0.2) is 47.8 Å². The molecule has 2 atom stereocenters. The normalized spacial score (nSPS) is 23.1. The Bertz CT molecular complexity index is 533. The van der Waals surface area contributed by atoms with Crippen LogP contribution in [-0.2, 0) is 6.42 Å². The monoisotopic (exact) mass is 257 g/mol. The lowest BCUT2D eigenvalue weighted by Crippen LogP contribution is -2.16. The number of aromatic amines is 1. The molecule has 0 saturated carbocycles. The minimum absolute atomic E-state index is 0.339. The van der Waals surface area contributed by atoms with Gasteiger partial charge in [0.2, 0.25) is 0 Å². The van der Waals surface area contributed by atoms with Crippen LogP contribution in [-0.4, -0.2) is 26.3 Å². The van der Waals surface area contributed by atoms with Crippen LogP contribution in [0.2, 0.25) is 0 Å². The van der Waals surface area contributed by atoms with E-state index < -0.39 is 0 Å². The zero-order valence-electron chi connectivity index (χ0n) is 10.2. The van der Waals surface area contributed by atoms with Crippen molar-refractivity contribution in [3.05, 3.63) is 54.1 Å². The fraction of sp³-hybridized carbons (Fsp3) is 0.286. The molecule has 0 aliphatic carbocycles. The molecule has 0 radical (unpaired) electrons. The van der Waals surface area contributed by atoms with Crippen molar-refractivity contribution in [3.8, 4) is 0 Å². The highest BCUT2D eigenvalue weighted by atomic mass is 32.2. The minimum Gasteiger partial charge on any atom is -0.348 e. The summed E-state index contributed by atoms with van der Waals surface area (Å²) in [5, 5.41) is 1.68. The first-order valence-corrected chi connectivity index (χ1v) is 6.98. The molecule has 0 fully saturated rings. The number of benzene rings is 1. The first-order chi connectivity index (χ1) is 8.83. The highest BCUT2D eigenvalue weighted by Crippen LogP contribution is 2.31. The Balaban J connectivity index is 1.79. The van der Waals surface area contributed by atoms with E-state index in [2.05, 4.69) is 41.2 Å². The van der Waals surface area contributed by atoms with Crippen molar-refractivity contribution in [2.45, 2.75) is 24.6 Å². The van der Waals surface area contributed by atoms with Crippen molar-refractivity contribution in [1.29, 1.82) is 0 Å². The number of aromatic nitrogens is 2. The van der Waals surface area contributed by atoms with Gasteiger partial charge in [0.15, 0.2) is 0 Å². The molecule has 3 nitrogen and oxygen atoms in total. The maximum atomic E-state index is 4.85. The first-order valence-electron chi connectivity index (χ1n) is 6.10. The third kappa shape index (κ3) is 2.34. The van der Waals surface area contributed by atoms with Crippen molar-refractivity contribution >= 4 is 16.8 Å². The fourth-order valence-electron chi connectivity index (χ4n) is 2.10. The van der Waals surface area contributed by atoms with Crippen LogP contribution in [0.5, 0.6) is 0 Å². The Labute approximate surface area is 111 Å². The fourth-order valence-corrected chi connectivity index (χ4v) is 3.23. The summed E-state index contributed by atoms with van der Waals surface area (Å²) in [6.07, 6.45) is 4.54. The second kappa shape index (κ2) is 4.98. The first kappa shape index (κ1) is 11.5. The average Bonchev–Trinajstić information content (AvgIpc) is 3.02. The van der Waals surface area contributed by atoms with E-state index in [1.165, 1.54) is 5.56 Å². The zero-order chi connectivity index (χ0) is 12.4. The molecule has 0 amide bonds. The van der Waals surface area contributed by atoms with Gasteiger partial charge in [-0.25, -0.2) is 4.98 Å². The molecule has 0 bridgehead atoms. The molecule has 2 aromatic rings. The van der Waals surface area contributed by atoms with E-state index in [0.717, 1.165) is 17.2 Å². The summed E-state index contributed by atoms with van der Waals surface area (Å²) < 4.78 is 0. The SMILES string of the molecule is C[C@@H]1SC(c2ccccc2)=N[C@@H]1Cc1cnc[nH]1. The Morgan fingerprint density at radius 3 is 2.83 bits per heavy atom. The average molecular weight is 257 g/mol. The van der Waals surface area contributed by atoms with Crippen molar-refractivity contribution in [3.63, 3.8) is 0 Å². The summed E-state index contributed by atoms with van der Waals surface area (Å²) in [6.45, 7) is 2.24. The summed E-state index contributed by atoms with van der Waals surface area (Å²) in [7, 11) is 0. The summed E-state index contributed by atoms with van der Waals surface area (Å²) in [4.78, 5) is 12.1. The molecule has 3 rings (SSSR count). The molecular weight excluding hydrogens is 242 g/mol. The molecular formula is C14H15N3S. The number of hydrogen-bond acceptors (Lipinski definition) is 3. The smallest absolute Gasteiger partial charge is 0.0984 e. The van der Waals surface area contributed by atoms with Gasteiger partial charge in [0.1, 0.15) is 0 Å². The van der Waals surface area contributed by atoms with Crippen LogP contribution in [0, 0.1) is 0 Å². The van der Waals surface area contributed by atoms with E-state index in [4.69, 9.17) is 4.99 Å². The molecule has 2 heterocycles. The highest BCUT2D eigenvalue weighted by molar-refractivity contribution is 8.15. The van der Waals surface area contributed by atoms with Crippen LogP contribution >= 0.6 is 11.8 Å². The van der Waals surface area contributed by atoms with Crippen molar-refractivity contribution < 1.29 is 0 Å². The summed E-state index contributed by atoms with van der Waals surface area (Å²) in [5.41, 5.74) is 2.38. The van der Waals surface area contributed by atoms with Gasteiger partial charge >= 0.3 is 0 Å². The molecule has 1 aliphatic rings. The third-order valence-electron chi connectivity index (χ3n) is 3.13. The number of H-pyrrole nitrogens is 1. The van der Waals surface area contributed by atoms with Crippen molar-refractivity contribution in [1.82, 2.24) is 9.97 Å². The number of rotatable bonds is 3. The van der Waals surface area contributed by atoms with Gasteiger partial charge in [0.25, 0.3) is 0 Å². The third-order valence-corrected chi connectivity index (χ3v) is 4.38. The second-order valence-electron chi connectivity index (χ2n) is 4.47. The topological polar surface area (TPSA) is 41.0 Å². The van der Waals surface area contributed by atoms with E-state index in [1.54, 1.807) is 6.33 Å². The Morgan fingerprint density at radius 2 is 2.11 bits per heavy atom. The molecule has 92 valence electrons. The van der Waals surface area contributed by atoms with Gasteiger partial charge in [-0.05, 0) is 0 Å². The Morgan fingerprint density at radius 1 is 1.28 bits per heavy atom. The summed E-state index contributed by atoms with van der Waals surface area (Å²) >= 11 is 1.86. The van der Waals surface area contributed by atoms with E-state index in [-0.39, 0.29) is 0 Å². The van der Waals surface area contributed by atoms with Gasteiger partial charge in [0.05, 0.1) is 17.4 Å². The lowest BCUT2D eigenvalue weighted by molar-refractivity contribution is 0.667. The molecule has 1 aromatic heterocycles. The zero-order valence-corrected chi connectivity index (χ0v) is 11.0. The quantitative estimate of drug-likeness (QED) is 0.918. The number of nitrogens with zero attached hydrogens (tertiary/aromatic N) is 2. The molecule has 1 aliphatic heterocycles. The number of nitrogens with one attached hydrogen (secondary N) is 1. The van der Waals surface area contributed by atoms with E-state index >= 15 is 0 Å². The van der Waals surface area contributed by atoms with Crippen LogP contribution in [0.25, 0.3) is 0 Å². The summed E-state index contributed by atoms with van der Waals surface area (Å²) in [5.74, 6) is 0. The maximum absolute atomic E-state index is 4.85. The van der Waals surface area contributed by atoms with Gasteiger partial charge in [-0.15, -0.1) is 11.8 Å². The van der Waals surface area contributed by atoms with Gasteiger partial charge in [-0.3, -0.25) is 4.99 Å². The predicted octanol–water partition coefficient (Wildman–Crippen LogP) is 2.90. The van der Waals surface area contributed by atoms with Crippen LogP contribution in [0.1, 0.15) is 18.2 Å². The molecule has 0 unspecified atom stereocenters. The number of hydrogen-bond donors (Lipinski definition) is 1. The minimum atomic E-state index is 0.339. The van der Waals surface area contributed by atoms with E-state index in [1.807, 2.05) is 24.0 Å². The van der Waals surface area contributed by atoms with E-state index in [9.17, 15) is 0 Å². The van der Waals surface area contributed by atoms with Crippen LogP contribution < -0.4 is 0 Å².